The monoisotopic (exact) mass is 288 g/mol. The Morgan fingerprint density at radius 3 is 2.67 bits per heavy atom. The Labute approximate surface area is 126 Å². The van der Waals surface area contributed by atoms with Gasteiger partial charge in [-0.2, -0.15) is 0 Å². The van der Waals surface area contributed by atoms with Crippen molar-refractivity contribution in [2.75, 3.05) is 6.54 Å². The van der Waals surface area contributed by atoms with Crippen LogP contribution in [0.1, 0.15) is 43.6 Å². The molecule has 0 aromatic carbocycles. The van der Waals surface area contributed by atoms with Crippen LogP contribution in [0.15, 0.2) is 18.2 Å². The molecule has 0 spiro atoms. The van der Waals surface area contributed by atoms with Gasteiger partial charge in [-0.1, -0.05) is 20.3 Å². The van der Waals surface area contributed by atoms with Crippen molar-refractivity contribution in [2.24, 2.45) is 0 Å². The van der Waals surface area contributed by atoms with E-state index in [0.717, 1.165) is 43.7 Å². The summed E-state index contributed by atoms with van der Waals surface area (Å²) in [5.41, 5.74) is 3.24. The maximum Gasteiger partial charge on any atom is 0.240 e. The molecule has 2 aromatic rings. The summed E-state index contributed by atoms with van der Waals surface area (Å²) in [4.78, 5) is 4.55. The predicted octanol–water partition coefficient (Wildman–Crippen LogP) is 3.36. The van der Waals surface area contributed by atoms with Gasteiger partial charge in [-0.25, -0.2) is 4.98 Å². The normalized spacial score (nSPS) is 10.8. The summed E-state index contributed by atoms with van der Waals surface area (Å²) in [5.74, 6) is 1.17. The van der Waals surface area contributed by atoms with Gasteiger partial charge in [-0.05, 0) is 37.9 Å². The van der Waals surface area contributed by atoms with Crippen LogP contribution in [-0.2, 0) is 13.0 Å². The fraction of sp³-hybridized carbons (Fsp3) is 0.500. The van der Waals surface area contributed by atoms with E-state index < -0.39 is 0 Å². The van der Waals surface area contributed by atoms with Crippen LogP contribution in [-0.4, -0.2) is 21.7 Å². The molecule has 2 aromatic heterocycles. The van der Waals surface area contributed by atoms with Gasteiger partial charge < -0.3 is 10.1 Å². The highest BCUT2D eigenvalue weighted by Gasteiger charge is 2.07. The Hall–Kier alpha value is -1.88. The third-order valence-corrected chi connectivity index (χ3v) is 3.07. The molecular formula is C16H24N4O. The molecule has 0 saturated carbocycles. The van der Waals surface area contributed by atoms with Crippen molar-refractivity contribution in [3.05, 3.63) is 35.2 Å². The highest BCUT2D eigenvalue weighted by Crippen LogP contribution is 2.20. The first kappa shape index (κ1) is 15.5. The number of ether oxygens (including phenoxy) is 1. The summed E-state index contributed by atoms with van der Waals surface area (Å²) in [7, 11) is 0. The molecule has 0 unspecified atom stereocenters. The molecule has 2 rings (SSSR count). The topological polar surface area (TPSA) is 62.8 Å². The van der Waals surface area contributed by atoms with Gasteiger partial charge in [-0.15, -0.1) is 5.10 Å². The second kappa shape index (κ2) is 7.78. The van der Waals surface area contributed by atoms with Crippen molar-refractivity contribution in [3.8, 4) is 11.8 Å². The molecule has 21 heavy (non-hydrogen) atoms. The third-order valence-electron chi connectivity index (χ3n) is 3.07. The minimum absolute atomic E-state index is 0.557. The van der Waals surface area contributed by atoms with E-state index in [2.05, 4.69) is 40.4 Å². The molecule has 0 aliphatic heterocycles. The van der Waals surface area contributed by atoms with Crippen LogP contribution >= 0.6 is 0 Å². The van der Waals surface area contributed by atoms with Crippen LogP contribution in [0.25, 0.3) is 0 Å². The number of hydrogen-bond acceptors (Lipinski definition) is 4. The molecule has 0 atom stereocenters. The van der Waals surface area contributed by atoms with Crippen molar-refractivity contribution in [3.63, 3.8) is 0 Å². The van der Waals surface area contributed by atoms with Crippen molar-refractivity contribution >= 4 is 0 Å². The Bertz CT molecular complexity index is 565. The molecule has 0 radical (unpaired) electrons. The van der Waals surface area contributed by atoms with Gasteiger partial charge in [0.2, 0.25) is 11.8 Å². The van der Waals surface area contributed by atoms with Crippen LogP contribution in [0, 0.1) is 6.92 Å². The second-order valence-corrected chi connectivity index (χ2v) is 5.22. The largest absolute Gasteiger partial charge is 0.419 e. The van der Waals surface area contributed by atoms with Crippen LogP contribution in [0.3, 0.4) is 0 Å². The van der Waals surface area contributed by atoms with Gasteiger partial charge in [0.25, 0.3) is 0 Å². The fourth-order valence-corrected chi connectivity index (χ4v) is 2.12. The number of aromatic nitrogens is 3. The van der Waals surface area contributed by atoms with Gasteiger partial charge in [-0.3, -0.25) is 5.10 Å². The van der Waals surface area contributed by atoms with Gasteiger partial charge in [0.15, 0.2) is 0 Å². The van der Waals surface area contributed by atoms with Gasteiger partial charge in [0.1, 0.15) is 0 Å². The van der Waals surface area contributed by atoms with Crippen LogP contribution in [0.2, 0.25) is 0 Å². The maximum absolute atomic E-state index is 5.75. The first-order chi connectivity index (χ1) is 10.2. The molecule has 114 valence electrons. The average Bonchev–Trinajstić information content (AvgIpc) is 2.84. The molecule has 0 amide bonds. The summed E-state index contributed by atoms with van der Waals surface area (Å²) in [6, 6.07) is 5.99. The molecule has 5 heteroatoms. The van der Waals surface area contributed by atoms with E-state index in [4.69, 9.17) is 4.74 Å². The first-order valence-corrected chi connectivity index (χ1v) is 7.61. The van der Waals surface area contributed by atoms with Crippen LogP contribution in [0.5, 0.6) is 11.8 Å². The smallest absolute Gasteiger partial charge is 0.240 e. The van der Waals surface area contributed by atoms with Crippen molar-refractivity contribution < 1.29 is 4.74 Å². The zero-order chi connectivity index (χ0) is 15.1. The standard InChI is InChI=1S/C16H24N4O/c1-4-6-14-9-13(11-17-7-5-2)10-15(18-14)21-16-8-12(3)19-20-16/h8-10,17H,4-7,11H2,1-3H3,(H,19,20). The Morgan fingerprint density at radius 1 is 1.14 bits per heavy atom. The zero-order valence-corrected chi connectivity index (χ0v) is 13.1. The van der Waals surface area contributed by atoms with E-state index in [1.807, 2.05) is 19.1 Å². The Morgan fingerprint density at radius 2 is 2.00 bits per heavy atom. The number of aromatic amines is 1. The van der Waals surface area contributed by atoms with Gasteiger partial charge in [0.05, 0.1) is 0 Å². The number of pyridine rings is 1. The second-order valence-electron chi connectivity index (χ2n) is 5.22. The molecule has 0 bridgehead atoms. The highest BCUT2D eigenvalue weighted by atomic mass is 16.5. The summed E-state index contributed by atoms with van der Waals surface area (Å²) in [6.45, 7) is 8.11. The molecule has 2 heterocycles. The van der Waals surface area contributed by atoms with E-state index in [-0.39, 0.29) is 0 Å². The number of hydrogen-bond donors (Lipinski definition) is 2. The fourth-order valence-electron chi connectivity index (χ4n) is 2.12. The van der Waals surface area contributed by atoms with Gasteiger partial charge >= 0.3 is 0 Å². The van der Waals surface area contributed by atoms with E-state index >= 15 is 0 Å². The first-order valence-electron chi connectivity index (χ1n) is 7.61. The van der Waals surface area contributed by atoms with Crippen molar-refractivity contribution in [1.82, 2.24) is 20.5 Å². The minimum atomic E-state index is 0.557. The lowest BCUT2D eigenvalue weighted by Gasteiger charge is -2.09. The summed E-state index contributed by atoms with van der Waals surface area (Å²) in [6.07, 6.45) is 3.15. The molecule has 0 saturated heterocycles. The molecule has 0 aliphatic rings. The van der Waals surface area contributed by atoms with E-state index in [1.54, 1.807) is 0 Å². The molecule has 0 fully saturated rings. The quantitative estimate of drug-likeness (QED) is 0.731. The predicted molar refractivity (Wildman–Crippen MR) is 83.6 cm³/mol. The number of nitrogens with one attached hydrogen (secondary N) is 2. The zero-order valence-electron chi connectivity index (χ0n) is 13.1. The Kier molecular flexibility index (Phi) is 5.75. The highest BCUT2D eigenvalue weighted by molar-refractivity contribution is 5.28. The van der Waals surface area contributed by atoms with Crippen LogP contribution < -0.4 is 10.1 Å². The van der Waals surface area contributed by atoms with Gasteiger partial charge in [0, 0.05) is 30.1 Å². The number of rotatable bonds is 8. The van der Waals surface area contributed by atoms with Crippen LogP contribution in [0.4, 0.5) is 0 Å². The SMILES string of the molecule is CCCNCc1cc(CCC)nc(Oc2cc(C)[nH]n2)c1. The Balaban J connectivity index is 2.14. The minimum Gasteiger partial charge on any atom is -0.419 e. The maximum atomic E-state index is 5.75. The number of aryl methyl sites for hydroxylation is 2. The number of nitrogens with zero attached hydrogens (tertiary/aromatic N) is 2. The lowest BCUT2D eigenvalue weighted by atomic mass is 10.1. The van der Waals surface area contributed by atoms with E-state index in [1.165, 1.54) is 5.56 Å². The number of H-pyrrole nitrogens is 1. The molecule has 2 N–H and O–H groups in total. The average molecular weight is 288 g/mol. The lowest BCUT2D eigenvalue weighted by Crippen LogP contribution is -2.14. The van der Waals surface area contributed by atoms with Crippen molar-refractivity contribution in [2.45, 2.75) is 46.6 Å². The summed E-state index contributed by atoms with van der Waals surface area (Å²) in [5, 5.41) is 10.4. The lowest BCUT2D eigenvalue weighted by molar-refractivity contribution is 0.440. The van der Waals surface area contributed by atoms with E-state index in [0.29, 0.717) is 11.8 Å². The molecule has 5 nitrogen and oxygen atoms in total. The van der Waals surface area contributed by atoms with Crippen molar-refractivity contribution in [1.29, 1.82) is 0 Å². The summed E-state index contributed by atoms with van der Waals surface area (Å²) >= 11 is 0. The molecular weight excluding hydrogens is 264 g/mol. The van der Waals surface area contributed by atoms with E-state index in [9.17, 15) is 0 Å². The molecule has 0 aliphatic carbocycles. The third kappa shape index (κ3) is 4.86. The summed E-state index contributed by atoms with van der Waals surface area (Å²) < 4.78 is 5.75.